The van der Waals surface area contributed by atoms with E-state index in [-0.39, 0.29) is 5.91 Å². The fraction of sp³-hybridized carbons (Fsp3) is 0.276. The molecule has 5 rings (SSSR count). The molecular formula is C29H32N4O3S. The molecule has 0 bridgehead atoms. The van der Waals surface area contributed by atoms with Gasteiger partial charge in [-0.3, -0.25) is 14.4 Å². The third-order valence-electron chi connectivity index (χ3n) is 6.79. The first-order chi connectivity index (χ1) is 17.8. The van der Waals surface area contributed by atoms with Gasteiger partial charge < -0.3 is 10.6 Å². The van der Waals surface area contributed by atoms with Gasteiger partial charge in [0.05, 0.1) is 16.5 Å². The number of rotatable bonds is 8. The number of nitrogens with zero attached hydrogens (tertiary/aromatic N) is 1. The smallest absolute Gasteiger partial charge is 0.258 e. The molecule has 0 atom stereocenters. The first-order valence-electron chi connectivity index (χ1n) is 12.7. The number of anilines is 3. The molecule has 2 aliphatic heterocycles. The minimum absolute atomic E-state index is 0.240. The molecule has 0 radical (unpaired) electrons. The lowest BCUT2D eigenvalue weighted by Gasteiger charge is -2.17. The maximum absolute atomic E-state index is 13.2. The molecule has 37 heavy (non-hydrogen) atoms. The van der Waals surface area contributed by atoms with Crippen LogP contribution in [0.4, 0.5) is 17.1 Å². The predicted octanol–water partition coefficient (Wildman–Crippen LogP) is 5.37. The molecule has 2 heterocycles. The van der Waals surface area contributed by atoms with Crippen LogP contribution < -0.4 is 15.4 Å². The van der Waals surface area contributed by atoms with E-state index in [4.69, 9.17) is 0 Å². The van der Waals surface area contributed by atoms with Gasteiger partial charge in [0, 0.05) is 29.2 Å². The highest BCUT2D eigenvalue weighted by Crippen LogP contribution is 2.39. The van der Waals surface area contributed by atoms with Crippen molar-refractivity contribution < 1.29 is 13.2 Å². The van der Waals surface area contributed by atoms with E-state index < -0.39 is 15.3 Å². The normalized spacial score (nSPS) is 17.0. The molecule has 2 aliphatic rings. The Balaban J connectivity index is 1.52. The monoisotopic (exact) mass is 516 g/mol. The van der Waals surface area contributed by atoms with E-state index in [1.807, 2.05) is 42.5 Å². The number of likely N-dealkylation sites (tertiary alicyclic amines) is 1. The van der Waals surface area contributed by atoms with E-state index in [0.717, 1.165) is 30.9 Å². The van der Waals surface area contributed by atoms with Gasteiger partial charge in [-0.15, -0.1) is 0 Å². The third-order valence-corrected chi connectivity index (χ3v) is 8.55. The zero-order valence-electron chi connectivity index (χ0n) is 21.1. The maximum atomic E-state index is 13.2. The van der Waals surface area contributed by atoms with Gasteiger partial charge in [0.15, 0.2) is 0 Å². The average molecular weight is 517 g/mol. The van der Waals surface area contributed by atoms with Gasteiger partial charge in [0.25, 0.3) is 5.91 Å². The number of sulfonamides is 1. The largest absolute Gasteiger partial charge is 0.354 e. The Labute approximate surface area is 218 Å². The summed E-state index contributed by atoms with van der Waals surface area (Å²) in [6.07, 6.45) is 2.52. The Morgan fingerprint density at radius 1 is 0.946 bits per heavy atom. The topological polar surface area (TPSA) is 90.5 Å². The molecule has 1 amide bonds. The van der Waals surface area contributed by atoms with E-state index in [2.05, 4.69) is 32.4 Å². The zero-order chi connectivity index (χ0) is 26.0. The lowest BCUT2D eigenvalue weighted by molar-refractivity contribution is -0.110. The van der Waals surface area contributed by atoms with Crippen molar-refractivity contribution in [2.24, 2.45) is 0 Å². The van der Waals surface area contributed by atoms with E-state index in [1.54, 1.807) is 32.0 Å². The summed E-state index contributed by atoms with van der Waals surface area (Å²) >= 11 is 0. The summed E-state index contributed by atoms with van der Waals surface area (Å²) in [5, 5.41) is 5.83. The molecule has 0 saturated carbocycles. The van der Waals surface area contributed by atoms with Gasteiger partial charge in [-0.25, -0.2) is 8.42 Å². The SMILES string of the molecule is CC(C)S(=O)(=O)Nc1ccc2c(c1)/C(=C(/Nc1ccc(CN3CCCC3)cc1)c1ccccc1)C(=O)N2. The van der Waals surface area contributed by atoms with Gasteiger partial charge in [-0.1, -0.05) is 42.5 Å². The van der Waals surface area contributed by atoms with Crippen LogP contribution >= 0.6 is 0 Å². The lowest BCUT2D eigenvalue weighted by atomic mass is 9.99. The summed E-state index contributed by atoms with van der Waals surface area (Å²) in [7, 11) is -3.52. The van der Waals surface area contributed by atoms with Crippen molar-refractivity contribution in [3.63, 3.8) is 0 Å². The highest BCUT2D eigenvalue weighted by molar-refractivity contribution is 7.93. The van der Waals surface area contributed by atoms with E-state index in [0.29, 0.717) is 28.2 Å². The fourth-order valence-electron chi connectivity index (χ4n) is 4.68. The molecule has 0 unspecified atom stereocenters. The molecule has 1 fully saturated rings. The summed E-state index contributed by atoms with van der Waals surface area (Å²) in [6.45, 7) is 6.49. The van der Waals surface area contributed by atoms with Crippen LogP contribution in [0.1, 0.15) is 43.4 Å². The van der Waals surface area contributed by atoms with Crippen molar-refractivity contribution in [1.82, 2.24) is 4.90 Å². The predicted molar refractivity (Wildman–Crippen MR) is 151 cm³/mol. The Morgan fingerprint density at radius 2 is 1.62 bits per heavy atom. The van der Waals surface area contributed by atoms with Crippen LogP contribution in [0.25, 0.3) is 11.3 Å². The number of carbonyl (C=O) groups is 1. The number of fused-ring (bicyclic) bond motifs is 1. The van der Waals surface area contributed by atoms with Crippen molar-refractivity contribution >= 4 is 44.3 Å². The molecule has 0 spiro atoms. The summed E-state index contributed by atoms with van der Waals surface area (Å²) in [5.41, 5.74) is 5.81. The van der Waals surface area contributed by atoms with Gasteiger partial charge in [-0.05, 0) is 81.2 Å². The number of hydrogen-bond donors (Lipinski definition) is 3. The fourth-order valence-corrected chi connectivity index (χ4v) is 5.37. The molecule has 3 N–H and O–H groups in total. The highest BCUT2D eigenvalue weighted by atomic mass is 32.2. The Bertz CT molecular complexity index is 1430. The average Bonchev–Trinajstić information content (AvgIpc) is 3.50. The van der Waals surface area contributed by atoms with Crippen molar-refractivity contribution in [2.75, 3.05) is 28.4 Å². The zero-order valence-corrected chi connectivity index (χ0v) is 21.9. The van der Waals surface area contributed by atoms with Crippen LogP contribution in [0.15, 0.2) is 72.8 Å². The standard InChI is InChI=1S/C29H32N4O3S/c1-20(2)37(35,36)32-24-14-15-26-25(18-24)27(29(34)31-26)28(22-8-4-3-5-9-22)30-23-12-10-21(11-13-23)19-33-16-6-7-17-33/h3-5,8-15,18,20,30,32H,6-7,16-17,19H2,1-2H3,(H,31,34)/b28-27-. The van der Waals surface area contributed by atoms with E-state index >= 15 is 0 Å². The second-order valence-corrected chi connectivity index (χ2v) is 12.1. The first-order valence-corrected chi connectivity index (χ1v) is 14.2. The van der Waals surface area contributed by atoms with Gasteiger partial charge in [0.2, 0.25) is 10.0 Å². The van der Waals surface area contributed by atoms with E-state index in [1.165, 1.54) is 18.4 Å². The number of benzene rings is 3. The minimum atomic E-state index is -3.52. The number of carbonyl (C=O) groups excluding carboxylic acids is 1. The molecule has 8 heteroatoms. The Morgan fingerprint density at radius 3 is 2.30 bits per heavy atom. The van der Waals surface area contributed by atoms with Gasteiger partial charge in [-0.2, -0.15) is 0 Å². The van der Waals surface area contributed by atoms with E-state index in [9.17, 15) is 13.2 Å². The van der Waals surface area contributed by atoms with Crippen LogP contribution in [0.3, 0.4) is 0 Å². The number of hydrogen-bond acceptors (Lipinski definition) is 5. The van der Waals surface area contributed by atoms with Crippen LogP contribution in [-0.4, -0.2) is 37.6 Å². The quantitative estimate of drug-likeness (QED) is 0.351. The summed E-state index contributed by atoms with van der Waals surface area (Å²) in [4.78, 5) is 15.7. The molecule has 1 saturated heterocycles. The van der Waals surface area contributed by atoms with Crippen LogP contribution in [0.2, 0.25) is 0 Å². The number of nitrogens with one attached hydrogen (secondary N) is 3. The highest BCUT2D eigenvalue weighted by Gasteiger charge is 2.29. The third kappa shape index (κ3) is 5.55. The molecule has 7 nitrogen and oxygen atoms in total. The van der Waals surface area contributed by atoms with Crippen LogP contribution in [-0.2, 0) is 21.4 Å². The minimum Gasteiger partial charge on any atom is -0.354 e. The van der Waals surface area contributed by atoms with Crippen molar-refractivity contribution in [3.8, 4) is 0 Å². The summed E-state index contributed by atoms with van der Waals surface area (Å²) in [5.74, 6) is -0.240. The van der Waals surface area contributed by atoms with Crippen LogP contribution in [0, 0.1) is 0 Å². The lowest BCUT2D eigenvalue weighted by Crippen LogP contribution is -2.22. The molecule has 3 aromatic rings. The van der Waals surface area contributed by atoms with Gasteiger partial charge >= 0.3 is 0 Å². The molecule has 0 aliphatic carbocycles. The summed E-state index contributed by atoms with van der Waals surface area (Å²) in [6, 6.07) is 23.1. The molecule has 3 aromatic carbocycles. The second kappa shape index (κ2) is 10.4. The van der Waals surface area contributed by atoms with Crippen molar-refractivity contribution in [1.29, 1.82) is 0 Å². The summed E-state index contributed by atoms with van der Waals surface area (Å²) < 4.78 is 27.5. The first kappa shape index (κ1) is 25.0. The number of amides is 1. The maximum Gasteiger partial charge on any atom is 0.258 e. The Kier molecular flexibility index (Phi) is 7.04. The molecule has 0 aromatic heterocycles. The van der Waals surface area contributed by atoms with Crippen LogP contribution in [0.5, 0.6) is 0 Å². The second-order valence-electron chi connectivity index (χ2n) is 9.83. The molecular weight excluding hydrogens is 484 g/mol. The van der Waals surface area contributed by atoms with Crippen molar-refractivity contribution in [2.45, 2.75) is 38.5 Å². The van der Waals surface area contributed by atoms with Crippen molar-refractivity contribution in [3.05, 3.63) is 89.5 Å². The Hall–Kier alpha value is -3.62. The van der Waals surface area contributed by atoms with Gasteiger partial charge in [0.1, 0.15) is 0 Å². The molecule has 192 valence electrons.